The van der Waals surface area contributed by atoms with Gasteiger partial charge < -0.3 is 9.64 Å². The summed E-state index contributed by atoms with van der Waals surface area (Å²) in [6, 6.07) is 3.72. The Morgan fingerprint density at radius 3 is 3.00 bits per heavy atom. The highest BCUT2D eigenvalue weighted by Crippen LogP contribution is 2.25. The summed E-state index contributed by atoms with van der Waals surface area (Å²) in [7, 11) is 0. The van der Waals surface area contributed by atoms with E-state index in [0.29, 0.717) is 23.3 Å². The van der Waals surface area contributed by atoms with Crippen molar-refractivity contribution in [3.63, 3.8) is 0 Å². The van der Waals surface area contributed by atoms with Gasteiger partial charge in [-0.3, -0.25) is 4.79 Å². The molecule has 21 heavy (non-hydrogen) atoms. The van der Waals surface area contributed by atoms with Gasteiger partial charge >= 0.3 is 0 Å². The molecule has 0 radical (unpaired) electrons. The third-order valence-electron chi connectivity index (χ3n) is 3.98. The van der Waals surface area contributed by atoms with E-state index in [9.17, 15) is 4.79 Å². The molecule has 1 aromatic heterocycles. The molecule has 4 nitrogen and oxygen atoms in total. The number of ether oxygens (including phenoxy) is 1. The summed E-state index contributed by atoms with van der Waals surface area (Å²) in [5.41, 5.74) is 0.467. The number of carbonyl (C=O) groups is 1. The molecule has 0 aromatic carbocycles. The predicted molar refractivity (Wildman–Crippen MR) is 85.0 cm³/mol. The number of aromatic nitrogens is 1. The highest BCUT2D eigenvalue weighted by molar-refractivity contribution is 7.99. The van der Waals surface area contributed by atoms with Gasteiger partial charge in [-0.2, -0.15) is 11.8 Å². The summed E-state index contributed by atoms with van der Waals surface area (Å²) in [5, 5.41) is 0.550. The van der Waals surface area contributed by atoms with Crippen molar-refractivity contribution in [3.05, 3.63) is 29.0 Å². The predicted octanol–water partition coefficient (Wildman–Crippen LogP) is 2.86. The zero-order valence-electron chi connectivity index (χ0n) is 11.8. The maximum Gasteiger partial charge on any atom is 0.272 e. The Morgan fingerprint density at radius 2 is 2.38 bits per heavy atom. The van der Waals surface area contributed by atoms with Gasteiger partial charge in [0.2, 0.25) is 0 Å². The number of halogens is 1. The molecule has 0 spiro atoms. The van der Waals surface area contributed by atoms with Crippen LogP contribution in [0.15, 0.2) is 18.3 Å². The van der Waals surface area contributed by atoms with Crippen molar-refractivity contribution in [3.8, 4) is 0 Å². The molecule has 0 saturated carbocycles. The number of thioether (sulfide) groups is 1. The molecule has 3 rings (SSSR count). The summed E-state index contributed by atoms with van der Waals surface area (Å²) in [6.07, 6.45) is 4.88. The first-order chi connectivity index (χ1) is 10.2. The Bertz CT molecular complexity index is 485. The summed E-state index contributed by atoms with van der Waals surface area (Å²) in [4.78, 5) is 18.9. The summed E-state index contributed by atoms with van der Waals surface area (Å²) in [6.45, 7) is 1.49. The van der Waals surface area contributed by atoms with Gasteiger partial charge in [0.25, 0.3) is 5.91 Å². The maximum absolute atomic E-state index is 12.8. The largest absolute Gasteiger partial charge is 0.376 e. The quantitative estimate of drug-likeness (QED) is 0.853. The number of nitrogens with zero attached hydrogens (tertiary/aromatic N) is 2. The molecule has 2 aliphatic rings. The van der Waals surface area contributed by atoms with E-state index in [-0.39, 0.29) is 12.0 Å². The molecule has 2 fully saturated rings. The molecule has 6 heteroatoms. The molecule has 2 saturated heterocycles. The molecule has 0 N–H and O–H groups in total. The van der Waals surface area contributed by atoms with Crippen LogP contribution in [0.25, 0.3) is 0 Å². The standard InChI is InChI=1S/C15H19ClN2O2S/c16-11-3-4-14(17-8-11)15(19)18(12-5-7-21-10-12)9-13-2-1-6-20-13/h3-4,8,12-13H,1-2,5-7,9-10H2/t12-,13-/m0/s1. The first-order valence-electron chi connectivity index (χ1n) is 7.36. The van der Waals surface area contributed by atoms with E-state index in [0.717, 1.165) is 37.4 Å². The Labute approximate surface area is 134 Å². The molecule has 0 unspecified atom stereocenters. The van der Waals surface area contributed by atoms with E-state index in [2.05, 4.69) is 4.98 Å². The Morgan fingerprint density at radius 1 is 1.48 bits per heavy atom. The van der Waals surface area contributed by atoms with Crippen LogP contribution in [0.3, 0.4) is 0 Å². The van der Waals surface area contributed by atoms with Crippen LogP contribution in [0.2, 0.25) is 5.02 Å². The van der Waals surface area contributed by atoms with Gasteiger partial charge in [0.1, 0.15) is 5.69 Å². The van der Waals surface area contributed by atoms with E-state index >= 15 is 0 Å². The maximum atomic E-state index is 12.8. The van der Waals surface area contributed by atoms with Crippen LogP contribution in [-0.2, 0) is 4.74 Å². The number of amides is 1. The lowest BCUT2D eigenvalue weighted by Gasteiger charge is -2.30. The van der Waals surface area contributed by atoms with Crippen molar-refractivity contribution in [2.45, 2.75) is 31.4 Å². The van der Waals surface area contributed by atoms with Crippen LogP contribution in [0.5, 0.6) is 0 Å². The first kappa shape index (κ1) is 15.1. The van der Waals surface area contributed by atoms with Crippen LogP contribution < -0.4 is 0 Å². The molecular weight excluding hydrogens is 308 g/mol. The average Bonchev–Trinajstić information content (AvgIpc) is 3.18. The highest BCUT2D eigenvalue weighted by Gasteiger charge is 2.31. The number of hydrogen-bond acceptors (Lipinski definition) is 4. The SMILES string of the molecule is O=C(c1ccc(Cl)cn1)N(C[C@@H]1CCCO1)[C@H]1CCSC1. The number of hydrogen-bond donors (Lipinski definition) is 0. The van der Waals surface area contributed by atoms with Gasteiger partial charge in [-0.15, -0.1) is 0 Å². The second kappa shape index (κ2) is 6.99. The minimum Gasteiger partial charge on any atom is -0.376 e. The highest BCUT2D eigenvalue weighted by atomic mass is 35.5. The molecule has 114 valence electrons. The van der Waals surface area contributed by atoms with Gasteiger partial charge in [0, 0.05) is 31.1 Å². The van der Waals surface area contributed by atoms with Gasteiger partial charge in [-0.1, -0.05) is 11.6 Å². The molecular formula is C15H19ClN2O2S. The summed E-state index contributed by atoms with van der Waals surface area (Å²) >= 11 is 7.76. The fourth-order valence-corrected chi connectivity index (χ4v) is 4.16. The van der Waals surface area contributed by atoms with E-state index < -0.39 is 0 Å². The molecule has 0 bridgehead atoms. The Kier molecular flexibility index (Phi) is 5.03. The van der Waals surface area contributed by atoms with Crippen molar-refractivity contribution in [2.75, 3.05) is 24.7 Å². The zero-order chi connectivity index (χ0) is 14.7. The number of pyridine rings is 1. The smallest absolute Gasteiger partial charge is 0.272 e. The lowest BCUT2D eigenvalue weighted by molar-refractivity contribution is 0.0437. The number of carbonyl (C=O) groups excluding carboxylic acids is 1. The minimum atomic E-state index is -0.00494. The Hall–Kier alpha value is -0.780. The lowest BCUT2D eigenvalue weighted by Crippen LogP contribution is -2.45. The van der Waals surface area contributed by atoms with E-state index in [1.807, 2.05) is 16.7 Å². The number of rotatable bonds is 4. The third-order valence-corrected chi connectivity index (χ3v) is 5.35. The van der Waals surface area contributed by atoms with Gasteiger partial charge in [-0.05, 0) is 37.1 Å². The zero-order valence-corrected chi connectivity index (χ0v) is 13.4. The summed E-state index contributed by atoms with van der Waals surface area (Å²) in [5.74, 6) is 2.12. The second-order valence-corrected chi connectivity index (χ2v) is 7.06. The minimum absolute atomic E-state index is 0.00494. The van der Waals surface area contributed by atoms with Crippen molar-refractivity contribution >= 4 is 29.3 Å². The van der Waals surface area contributed by atoms with E-state index in [1.54, 1.807) is 12.1 Å². The average molecular weight is 327 g/mol. The molecule has 0 aliphatic carbocycles. The van der Waals surface area contributed by atoms with Crippen molar-refractivity contribution in [1.29, 1.82) is 0 Å². The molecule has 2 aliphatic heterocycles. The van der Waals surface area contributed by atoms with Gasteiger partial charge in [-0.25, -0.2) is 4.98 Å². The van der Waals surface area contributed by atoms with Crippen LogP contribution in [-0.4, -0.2) is 52.6 Å². The second-order valence-electron chi connectivity index (χ2n) is 5.47. The first-order valence-corrected chi connectivity index (χ1v) is 8.89. The van der Waals surface area contributed by atoms with Crippen LogP contribution >= 0.6 is 23.4 Å². The van der Waals surface area contributed by atoms with Crippen LogP contribution in [0.1, 0.15) is 29.8 Å². The molecule has 3 heterocycles. The van der Waals surface area contributed by atoms with Crippen LogP contribution in [0.4, 0.5) is 0 Å². The van der Waals surface area contributed by atoms with E-state index in [4.69, 9.17) is 16.3 Å². The molecule has 1 aromatic rings. The van der Waals surface area contributed by atoms with Gasteiger partial charge in [0.05, 0.1) is 11.1 Å². The van der Waals surface area contributed by atoms with Crippen molar-refractivity contribution < 1.29 is 9.53 Å². The van der Waals surface area contributed by atoms with Crippen molar-refractivity contribution in [1.82, 2.24) is 9.88 Å². The lowest BCUT2D eigenvalue weighted by atomic mass is 10.1. The fourth-order valence-electron chi connectivity index (χ4n) is 2.82. The summed E-state index contributed by atoms with van der Waals surface area (Å²) < 4.78 is 5.71. The monoisotopic (exact) mass is 326 g/mol. The van der Waals surface area contributed by atoms with Gasteiger partial charge in [0.15, 0.2) is 0 Å². The topological polar surface area (TPSA) is 42.4 Å². The molecule has 1 amide bonds. The molecule has 2 atom stereocenters. The Balaban J connectivity index is 1.76. The third kappa shape index (κ3) is 3.71. The normalized spacial score (nSPS) is 25.2. The van der Waals surface area contributed by atoms with E-state index in [1.165, 1.54) is 6.20 Å². The fraction of sp³-hybridized carbons (Fsp3) is 0.600. The van der Waals surface area contributed by atoms with Crippen molar-refractivity contribution in [2.24, 2.45) is 0 Å². The van der Waals surface area contributed by atoms with Crippen LogP contribution in [0, 0.1) is 0 Å².